The summed E-state index contributed by atoms with van der Waals surface area (Å²) >= 11 is 6.01. The van der Waals surface area contributed by atoms with Crippen molar-refractivity contribution >= 4 is 40.2 Å². The van der Waals surface area contributed by atoms with Gasteiger partial charge in [0.05, 0.1) is 5.69 Å². The maximum Gasteiger partial charge on any atom is 0.248 e. The van der Waals surface area contributed by atoms with Gasteiger partial charge in [-0.1, -0.05) is 29.8 Å². The number of aromatic nitrogens is 1. The highest BCUT2D eigenvalue weighted by Crippen LogP contribution is 2.25. The first-order chi connectivity index (χ1) is 11.5. The van der Waals surface area contributed by atoms with Gasteiger partial charge in [-0.05, 0) is 29.8 Å². The van der Waals surface area contributed by atoms with Crippen molar-refractivity contribution in [3.63, 3.8) is 0 Å². The van der Waals surface area contributed by atoms with Gasteiger partial charge in [-0.25, -0.2) is 8.78 Å². The molecule has 0 atom stereocenters. The third kappa shape index (κ3) is 3.41. The maximum absolute atomic E-state index is 13.7. The predicted octanol–water partition coefficient (Wildman–Crippen LogP) is 4.82. The molecule has 1 N–H and O–H groups in total. The Labute approximate surface area is 141 Å². The molecule has 3 nitrogen and oxygen atoms in total. The van der Waals surface area contributed by atoms with Crippen LogP contribution in [0, 0.1) is 11.6 Å². The minimum Gasteiger partial charge on any atom is -0.322 e. The summed E-state index contributed by atoms with van der Waals surface area (Å²) in [5.41, 5.74) is 0.947. The van der Waals surface area contributed by atoms with Gasteiger partial charge in [0.2, 0.25) is 5.91 Å². The number of carbonyl (C=O) groups excluding carboxylic acids is 1. The average molecular weight is 345 g/mol. The van der Waals surface area contributed by atoms with E-state index in [1.165, 1.54) is 18.3 Å². The molecule has 0 radical (unpaired) electrons. The van der Waals surface area contributed by atoms with Crippen molar-refractivity contribution in [3.8, 4) is 0 Å². The Bertz CT molecular complexity index is 957. The lowest BCUT2D eigenvalue weighted by atomic mass is 10.1. The topological polar surface area (TPSA) is 42.0 Å². The van der Waals surface area contributed by atoms with Crippen LogP contribution in [0.25, 0.3) is 17.0 Å². The molecule has 0 aliphatic carbocycles. The van der Waals surface area contributed by atoms with Gasteiger partial charge >= 0.3 is 0 Å². The molecule has 0 bridgehead atoms. The van der Waals surface area contributed by atoms with Gasteiger partial charge in [0.1, 0.15) is 11.3 Å². The average Bonchev–Trinajstić information content (AvgIpc) is 2.55. The number of amides is 1. The number of halogens is 3. The van der Waals surface area contributed by atoms with Gasteiger partial charge in [0, 0.05) is 28.7 Å². The van der Waals surface area contributed by atoms with E-state index < -0.39 is 17.5 Å². The van der Waals surface area contributed by atoms with Crippen molar-refractivity contribution in [1.82, 2.24) is 4.98 Å². The van der Waals surface area contributed by atoms with E-state index in [2.05, 4.69) is 10.3 Å². The largest absolute Gasteiger partial charge is 0.322 e. The standard InChI is InChI=1S/C18H11ClF2N2O/c19-14-4-2-1-3-11(14)5-6-17(24)23-16-7-8-22-18-13(16)9-12(20)10-15(18)21/h1-10H,(H,22,23,24)/b6-5+. The molecule has 0 aliphatic rings. The summed E-state index contributed by atoms with van der Waals surface area (Å²) in [6, 6.07) is 10.4. The Hall–Kier alpha value is -2.79. The van der Waals surface area contributed by atoms with E-state index in [4.69, 9.17) is 11.6 Å². The lowest BCUT2D eigenvalue weighted by Crippen LogP contribution is -2.08. The summed E-state index contributed by atoms with van der Waals surface area (Å²) in [5.74, 6) is -1.98. The van der Waals surface area contributed by atoms with Gasteiger partial charge in [0.25, 0.3) is 0 Å². The molecule has 120 valence electrons. The highest BCUT2D eigenvalue weighted by Gasteiger charge is 2.10. The van der Waals surface area contributed by atoms with Gasteiger partial charge in [0.15, 0.2) is 5.82 Å². The number of pyridine rings is 1. The number of benzene rings is 2. The van der Waals surface area contributed by atoms with Gasteiger partial charge in [-0.3, -0.25) is 9.78 Å². The molecular formula is C18H11ClF2N2O. The highest BCUT2D eigenvalue weighted by molar-refractivity contribution is 6.32. The van der Waals surface area contributed by atoms with Crippen LogP contribution in [0.5, 0.6) is 0 Å². The zero-order valence-electron chi connectivity index (χ0n) is 12.3. The van der Waals surface area contributed by atoms with Crippen molar-refractivity contribution < 1.29 is 13.6 Å². The summed E-state index contributed by atoms with van der Waals surface area (Å²) in [6.45, 7) is 0. The van der Waals surface area contributed by atoms with Crippen molar-refractivity contribution in [2.24, 2.45) is 0 Å². The quantitative estimate of drug-likeness (QED) is 0.692. The van der Waals surface area contributed by atoms with Crippen LogP contribution in [0.15, 0.2) is 54.7 Å². The first-order valence-electron chi connectivity index (χ1n) is 7.02. The van der Waals surface area contributed by atoms with E-state index in [0.717, 1.165) is 12.1 Å². The molecule has 0 aliphatic heterocycles. The van der Waals surface area contributed by atoms with Gasteiger partial charge in [-0.2, -0.15) is 0 Å². The Morgan fingerprint density at radius 3 is 2.75 bits per heavy atom. The van der Waals surface area contributed by atoms with Gasteiger partial charge in [-0.15, -0.1) is 0 Å². The summed E-state index contributed by atoms with van der Waals surface area (Å²) in [4.78, 5) is 15.9. The van der Waals surface area contributed by atoms with Crippen LogP contribution in [0.3, 0.4) is 0 Å². The van der Waals surface area contributed by atoms with Crippen molar-refractivity contribution in [2.45, 2.75) is 0 Å². The highest BCUT2D eigenvalue weighted by atomic mass is 35.5. The molecule has 6 heteroatoms. The van der Waals surface area contributed by atoms with Crippen molar-refractivity contribution in [3.05, 3.63) is 77.0 Å². The smallest absolute Gasteiger partial charge is 0.248 e. The van der Waals surface area contributed by atoms with Crippen LogP contribution in [0.1, 0.15) is 5.56 Å². The van der Waals surface area contributed by atoms with Crippen LogP contribution in [0.2, 0.25) is 5.02 Å². The molecule has 0 saturated heterocycles. The minimum atomic E-state index is -0.785. The number of nitrogens with zero attached hydrogens (tertiary/aromatic N) is 1. The number of hydrogen-bond donors (Lipinski definition) is 1. The number of fused-ring (bicyclic) bond motifs is 1. The van der Waals surface area contributed by atoms with Crippen LogP contribution in [-0.2, 0) is 4.79 Å². The number of anilines is 1. The Balaban J connectivity index is 1.87. The Morgan fingerprint density at radius 2 is 1.96 bits per heavy atom. The molecule has 0 unspecified atom stereocenters. The zero-order valence-corrected chi connectivity index (χ0v) is 13.0. The first kappa shape index (κ1) is 16.1. The predicted molar refractivity (Wildman–Crippen MR) is 90.8 cm³/mol. The molecule has 1 heterocycles. The second-order valence-electron chi connectivity index (χ2n) is 4.99. The van der Waals surface area contributed by atoms with E-state index in [0.29, 0.717) is 10.6 Å². The van der Waals surface area contributed by atoms with E-state index in [1.807, 2.05) is 0 Å². The number of nitrogens with one attached hydrogen (secondary N) is 1. The molecule has 24 heavy (non-hydrogen) atoms. The fraction of sp³-hybridized carbons (Fsp3) is 0. The minimum absolute atomic E-state index is 0.00992. The van der Waals surface area contributed by atoms with Crippen molar-refractivity contribution in [1.29, 1.82) is 0 Å². The van der Waals surface area contributed by atoms with E-state index >= 15 is 0 Å². The Kier molecular flexibility index (Phi) is 4.53. The second kappa shape index (κ2) is 6.76. The number of rotatable bonds is 3. The molecule has 0 saturated carbocycles. The van der Waals surface area contributed by atoms with Crippen LogP contribution >= 0.6 is 11.6 Å². The third-order valence-electron chi connectivity index (χ3n) is 3.34. The molecule has 1 aromatic heterocycles. The van der Waals surface area contributed by atoms with Crippen LogP contribution in [0.4, 0.5) is 14.5 Å². The van der Waals surface area contributed by atoms with Crippen molar-refractivity contribution in [2.75, 3.05) is 5.32 Å². The van der Waals surface area contributed by atoms with E-state index in [1.54, 1.807) is 30.3 Å². The lowest BCUT2D eigenvalue weighted by molar-refractivity contribution is -0.111. The molecule has 3 aromatic rings. The molecular weight excluding hydrogens is 334 g/mol. The van der Waals surface area contributed by atoms with Gasteiger partial charge < -0.3 is 5.32 Å². The summed E-state index contributed by atoms with van der Waals surface area (Å²) in [7, 11) is 0. The van der Waals surface area contributed by atoms with Crippen LogP contribution in [-0.4, -0.2) is 10.9 Å². The summed E-state index contributed by atoms with van der Waals surface area (Å²) < 4.78 is 27.2. The van der Waals surface area contributed by atoms with E-state index in [-0.39, 0.29) is 16.6 Å². The summed E-state index contributed by atoms with van der Waals surface area (Å²) in [6.07, 6.45) is 4.20. The van der Waals surface area contributed by atoms with Crippen LogP contribution < -0.4 is 5.32 Å². The number of carbonyl (C=O) groups is 1. The normalized spacial score (nSPS) is 11.1. The molecule has 0 spiro atoms. The fourth-order valence-electron chi connectivity index (χ4n) is 2.24. The first-order valence-corrected chi connectivity index (χ1v) is 7.40. The fourth-order valence-corrected chi connectivity index (χ4v) is 2.44. The molecule has 3 rings (SSSR count). The van der Waals surface area contributed by atoms with E-state index in [9.17, 15) is 13.6 Å². The monoisotopic (exact) mass is 344 g/mol. The lowest BCUT2D eigenvalue weighted by Gasteiger charge is -2.07. The number of hydrogen-bond acceptors (Lipinski definition) is 2. The zero-order chi connectivity index (χ0) is 17.1. The molecule has 1 amide bonds. The Morgan fingerprint density at radius 1 is 1.17 bits per heavy atom. The summed E-state index contributed by atoms with van der Waals surface area (Å²) in [5, 5.41) is 3.29. The third-order valence-corrected chi connectivity index (χ3v) is 3.68. The SMILES string of the molecule is O=C(/C=C/c1ccccc1Cl)Nc1ccnc2c(F)cc(F)cc12. The maximum atomic E-state index is 13.7. The molecule has 2 aromatic carbocycles. The molecule has 0 fully saturated rings. The second-order valence-corrected chi connectivity index (χ2v) is 5.39.